The fourth-order valence-corrected chi connectivity index (χ4v) is 2.11. The van der Waals surface area contributed by atoms with Crippen LogP contribution in [0.25, 0.3) is 0 Å². The van der Waals surface area contributed by atoms with E-state index in [1.165, 1.54) is 6.08 Å². The van der Waals surface area contributed by atoms with Gasteiger partial charge in [-0.05, 0) is 24.3 Å². The number of nitrogens with one attached hydrogen (secondary N) is 1. The topological polar surface area (TPSA) is 30.5 Å². The number of hydrogen-bond donors (Lipinski definition) is 1. The lowest BCUT2D eigenvalue weighted by Gasteiger charge is -2.12. The predicted octanol–water partition coefficient (Wildman–Crippen LogP) is 5.20. The van der Waals surface area contributed by atoms with E-state index < -0.39 is 0 Å². The van der Waals surface area contributed by atoms with E-state index in [0.717, 1.165) is 6.42 Å². The fraction of sp³-hybridized carbons (Fsp3) is 0.333. The molecule has 0 heterocycles. The van der Waals surface area contributed by atoms with Crippen molar-refractivity contribution >= 4 is 58.2 Å². The Kier molecular flexibility index (Phi) is 8.85. The van der Waals surface area contributed by atoms with Crippen molar-refractivity contribution in [3.05, 3.63) is 32.7 Å². The lowest BCUT2D eigenvalue weighted by atomic mass is 10.3. The normalized spacial score (nSPS) is 10.2. The minimum absolute atomic E-state index is 0.134. The minimum Gasteiger partial charge on any atom is -0.490 e. The zero-order valence-electron chi connectivity index (χ0n) is 10.3. The first-order chi connectivity index (χ1) is 9.54. The van der Waals surface area contributed by atoms with Gasteiger partial charge in [-0.3, -0.25) is 0 Å². The Morgan fingerprint density at radius 1 is 1.15 bits per heavy atom. The Bertz CT molecular complexity index is 440. The van der Waals surface area contributed by atoms with Crippen LogP contribution in [0.15, 0.2) is 22.7 Å². The van der Waals surface area contributed by atoms with Crippen LogP contribution in [0.2, 0.25) is 10.0 Å². The van der Waals surface area contributed by atoms with Gasteiger partial charge in [0.2, 0.25) is 0 Å². The average molecular weight is 379 g/mol. The molecule has 112 valence electrons. The first-order valence-corrected chi connectivity index (χ1v) is 7.53. The van der Waals surface area contributed by atoms with Crippen molar-refractivity contribution in [2.75, 3.05) is 19.8 Å². The quantitative estimate of drug-likeness (QED) is 0.497. The third-order valence-corrected chi connectivity index (χ3v) is 3.18. The summed E-state index contributed by atoms with van der Waals surface area (Å²) in [7, 11) is 0. The van der Waals surface area contributed by atoms with Crippen LogP contribution < -0.4 is 14.3 Å². The number of rotatable bonds is 8. The van der Waals surface area contributed by atoms with Crippen molar-refractivity contribution in [1.29, 1.82) is 0 Å². The van der Waals surface area contributed by atoms with Gasteiger partial charge in [-0.1, -0.05) is 46.4 Å². The van der Waals surface area contributed by atoms with Gasteiger partial charge in [0, 0.05) is 18.7 Å². The summed E-state index contributed by atoms with van der Waals surface area (Å²) in [4.78, 5) is 2.50. The number of ether oxygens (including phenoxy) is 2. The maximum atomic E-state index is 6.09. The largest absolute Gasteiger partial charge is 0.490 e. The predicted molar refractivity (Wildman–Crippen MR) is 85.7 cm³/mol. The lowest BCUT2D eigenvalue weighted by molar-refractivity contribution is 0.310. The van der Waals surface area contributed by atoms with E-state index in [1.54, 1.807) is 12.1 Å². The Labute approximate surface area is 142 Å². The van der Waals surface area contributed by atoms with Crippen LogP contribution in [0.1, 0.15) is 6.42 Å². The maximum Gasteiger partial charge on any atom is 0.156 e. The molecule has 1 N–H and O–H groups in total. The molecule has 0 aromatic heterocycles. The van der Waals surface area contributed by atoms with Crippen molar-refractivity contribution in [1.82, 2.24) is 4.84 Å². The highest BCUT2D eigenvalue weighted by Gasteiger charge is 2.10. The van der Waals surface area contributed by atoms with Gasteiger partial charge in [0.1, 0.15) is 16.8 Å². The third kappa shape index (κ3) is 6.61. The summed E-state index contributed by atoms with van der Waals surface area (Å²) in [5.74, 6) is 0.918. The average Bonchev–Trinajstić information content (AvgIpc) is 2.36. The molecule has 0 saturated heterocycles. The van der Waals surface area contributed by atoms with Gasteiger partial charge in [-0.2, -0.15) is 0 Å². The molecule has 0 fully saturated rings. The summed E-state index contributed by atoms with van der Waals surface area (Å²) in [6.07, 6.45) is 2.24. The van der Waals surface area contributed by atoms with Crippen molar-refractivity contribution < 1.29 is 9.47 Å². The summed E-state index contributed by atoms with van der Waals surface area (Å²) in [5, 5.41) is 0.736. The van der Waals surface area contributed by atoms with E-state index in [1.807, 2.05) is 0 Å². The third-order valence-electron chi connectivity index (χ3n) is 2.12. The van der Waals surface area contributed by atoms with E-state index >= 15 is 0 Å². The monoisotopic (exact) mass is 377 g/mol. The molecule has 0 aliphatic carbocycles. The van der Waals surface area contributed by atoms with E-state index in [-0.39, 0.29) is 11.1 Å². The zero-order valence-corrected chi connectivity index (χ0v) is 14.0. The zero-order chi connectivity index (χ0) is 15.0. The molecule has 8 heteroatoms. The van der Waals surface area contributed by atoms with Gasteiger partial charge < -0.3 is 9.47 Å². The molecular weight excluding hydrogens is 367 g/mol. The highest BCUT2D eigenvalue weighted by atomic mass is 35.5. The van der Waals surface area contributed by atoms with Crippen molar-refractivity contribution in [2.24, 2.45) is 0 Å². The second-order valence-electron chi connectivity index (χ2n) is 3.61. The van der Waals surface area contributed by atoms with Gasteiger partial charge in [0.15, 0.2) is 5.75 Å². The number of hydrogen-bond acceptors (Lipinski definition) is 3. The van der Waals surface area contributed by atoms with Crippen LogP contribution in [0.5, 0.6) is 11.5 Å². The SMILES string of the molecule is ClNCCCOc1c(Cl)cc(OCC=C(Cl)Cl)cc1Cl. The molecule has 0 unspecified atom stereocenters. The highest BCUT2D eigenvalue weighted by molar-refractivity contribution is 6.55. The van der Waals surface area contributed by atoms with Crippen LogP contribution in [-0.4, -0.2) is 19.8 Å². The van der Waals surface area contributed by atoms with Crippen LogP contribution in [0, 0.1) is 0 Å². The summed E-state index contributed by atoms with van der Waals surface area (Å²) in [6.45, 7) is 1.30. The molecule has 0 radical (unpaired) electrons. The molecular formula is C12H12Cl5NO2. The van der Waals surface area contributed by atoms with Crippen LogP contribution in [0.4, 0.5) is 0 Å². The standard InChI is InChI=1S/C12H12Cl5NO2/c13-9-6-8(19-5-2-11(15)16)7-10(14)12(9)20-4-1-3-18-17/h2,6-7,18H,1,3-5H2. The molecule has 1 aromatic rings. The van der Waals surface area contributed by atoms with Gasteiger partial charge in [-0.15, -0.1) is 0 Å². The summed E-state index contributed by atoms with van der Waals surface area (Å²) >= 11 is 28.5. The molecule has 0 bridgehead atoms. The molecule has 0 aliphatic rings. The van der Waals surface area contributed by atoms with E-state index in [9.17, 15) is 0 Å². The van der Waals surface area contributed by atoms with Gasteiger partial charge in [-0.25, -0.2) is 4.84 Å². The first-order valence-electron chi connectivity index (χ1n) is 5.64. The molecule has 1 aromatic carbocycles. The van der Waals surface area contributed by atoms with Crippen molar-refractivity contribution in [2.45, 2.75) is 6.42 Å². The van der Waals surface area contributed by atoms with Gasteiger partial charge in [0.25, 0.3) is 0 Å². The molecule has 0 atom stereocenters. The van der Waals surface area contributed by atoms with Crippen molar-refractivity contribution in [3.63, 3.8) is 0 Å². The van der Waals surface area contributed by atoms with Crippen LogP contribution in [0.3, 0.4) is 0 Å². The Morgan fingerprint density at radius 3 is 2.35 bits per heavy atom. The van der Waals surface area contributed by atoms with Crippen LogP contribution >= 0.6 is 58.2 Å². The Balaban J connectivity index is 2.63. The minimum atomic E-state index is 0.134. The molecule has 3 nitrogen and oxygen atoms in total. The fourth-order valence-electron chi connectivity index (χ4n) is 1.27. The molecule has 0 spiro atoms. The van der Waals surface area contributed by atoms with E-state index in [4.69, 9.17) is 67.7 Å². The second kappa shape index (κ2) is 9.82. The van der Waals surface area contributed by atoms with E-state index in [2.05, 4.69) is 4.84 Å². The second-order valence-corrected chi connectivity index (χ2v) is 5.70. The summed E-state index contributed by atoms with van der Waals surface area (Å²) in [5.41, 5.74) is 0. The lowest BCUT2D eigenvalue weighted by Crippen LogP contribution is -2.07. The van der Waals surface area contributed by atoms with Crippen LogP contribution in [-0.2, 0) is 0 Å². The summed E-state index contributed by atoms with van der Waals surface area (Å²) in [6, 6.07) is 3.22. The Hall–Kier alpha value is -0.0300. The summed E-state index contributed by atoms with van der Waals surface area (Å²) < 4.78 is 11.0. The highest BCUT2D eigenvalue weighted by Crippen LogP contribution is 2.37. The molecule has 0 saturated carbocycles. The smallest absolute Gasteiger partial charge is 0.156 e. The molecule has 0 amide bonds. The van der Waals surface area contributed by atoms with E-state index in [0.29, 0.717) is 34.7 Å². The number of halogens is 5. The first kappa shape index (κ1) is 18.0. The molecule has 0 aliphatic heterocycles. The number of benzene rings is 1. The maximum absolute atomic E-state index is 6.09. The van der Waals surface area contributed by atoms with Crippen molar-refractivity contribution in [3.8, 4) is 11.5 Å². The molecule has 1 rings (SSSR count). The molecule has 20 heavy (non-hydrogen) atoms. The van der Waals surface area contributed by atoms with Gasteiger partial charge in [0.05, 0.1) is 16.7 Å². The van der Waals surface area contributed by atoms with Gasteiger partial charge >= 0.3 is 0 Å². The Morgan fingerprint density at radius 2 is 1.80 bits per heavy atom.